The number of unbranched alkanes of at least 4 members (excludes halogenated alkanes) is 2. The monoisotopic (exact) mass is 233 g/mol. The zero-order chi connectivity index (χ0) is 10.5. The average Bonchev–Trinajstić information content (AvgIpc) is 2.02. The molecule has 3 N–H and O–H groups in total. The van der Waals surface area contributed by atoms with Crippen molar-refractivity contribution in [3.05, 3.63) is 0 Å². The first-order valence-electron chi connectivity index (χ1n) is 4.54. The van der Waals surface area contributed by atoms with E-state index in [1.54, 1.807) is 0 Å². The first-order chi connectivity index (χ1) is 5.87. The van der Waals surface area contributed by atoms with Crippen LogP contribution in [0.2, 0.25) is 0 Å². The van der Waals surface area contributed by atoms with E-state index in [1.165, 1.54) is 6.92 Å². The number of hydrogen-bond acceptors (Lipinski definition) is 3. The van der Waals surface area contributed by atoms with Crippen LogP contribution < -0.4 is 35.3 Å². The van der Waals surface area contributed by atoms with E-state index >= 15 is 0 Å². The Morgan fingerprint density at radius 2 is 1.93 bits per heavy atom. The number of nitrogens with two attached hydrogens (primary N) is 1. The first kappa shape index (κ1) is 17.3. The molecule has 0 aliphatic carbocycles. The van der Waals surface area contributed by atoms with E-state index in [1.807, 2.05) is 6.92 Å². The zero-order valence-corrected chi connectivity index (χ0v) is 12.1. The van der Waals surface area contributed by atoms with Crippen LogP contribution in [0.3, 0.4) is 0 Å². The van der Waals surface area contributed by atoms with Gasteiger partial charge in [-0.1, -0.05) is 26.2 Å². The minimum Gasteiger partial charge on any atom is -1.00 e. The molecule has 6 heteroatoms. The average molecular weight is 233 g/mol. The van der Waals surface area contributed by atoms with E-state index < -0.39 is 14.9 Å². The summed E-state index contributed by atoms with van der Waals surface area (Å²) >= 11 is 0. The molecule has 0 saturated carbocycles. The van der Waals surface area contributed by atoms with Crippen molar-refractivity contribution in [1.82, 2.24) is 0 Å². The summed E-state index contributed by atoms with van der Waals surface area (Å²) in [6.07, 6.45) is 3.19. The summed E-state index contributed by atoms with van der Waals surface area (Å²) in [4.78, 5) is 0. The van der Waals surface area contributed by atoms with Crippen LogP contribution in [0.15, 0.2) is 0 Å². The van der Waals surface area contributed by atoms with Crippen molar-refractivity contribution in [3.63, 3.8) is 0 Å². The van der Waals surface area contributed by atoms with Gasteiger partial charge in [0.2, 0.25) is 0 Å². The van der Waals surface area contributed by atoms with Gasteiger partial charge in [0.05, 0.1) is 0 Å². The minimum absolute atomic E-state index is 0. The van der Waals surface area contributed by atoms with E-state index in [0.717, 1.165) is 19.3 Å². The van der Waals surface area contributed by atoms with Gasteiger partial charge in [0.15, 0.2) is 0 Å². The fourth-order valence-corrected chi connectivity index (χ4v) is 1.70. The second kappa shape index (κ2) is 7.19. The molecule has 0 saturated heterocycles. The molecule has 1 unspecified atom stereocenters. The summed E-state index contributed by atoms with van der Waals surface area (Å²) in [6, 6.07) is 0. The third-order valence-corrected chi connectivity index (χ3v) is 3.98. The van der Waals surface area contributed by atoms with Gasteiger partial charge >= 0.3 is 29.6 Å². The molecule has 0 heterocycles. The van der Waals surface area contributed by atoms with Crippen LogP contribution in [0.4, 0.5) is 0 Å². The Morgan fingerprint density at radius 3 is 2.21 bits per heavy atom. The van der Waals surface area contributed by atoms with Crippen molar-refractivity contribution in [2.75, 3.05) is 6.54 Å². The van der Waals surface area contributed by atoms with Gasteiger partial charge in [0.1, 0.15) is 4.75 Å². The third-order valence-electron chi connectivity index (χ3n) is 2.36. The topological polar surface area (TPSA) is 80.4 Å². The Hall–Kier alpha value is 0.870. The summed E-state index contributed by atoms with van der Waals surface area (Å²) in [5.74, 6) is 0. The van der Waals surface area contributed by atoms with Crippen LogP contribution in [-0.4, -0.2) is 24.3 Å². The van der Waals surface area contributed by atoms with Crippen LogP contribution in [0, 0.1) is 0 Å². The van der Waals surface area contributed by atoms with Crippen molar-refractivity contribution in [1.29, 1.82) is 0 Å². The molecule has 0 aromatic carbocycles. The standard InChI is InChI=1S/C8H19NO3S.Na.H/c1-3-4-5-6-8(2,7-9)13(10,11)12;;/h3-7,9H2,1-2H3,(H,10,11,12);;/q;+1;-1. The Balaban J connectivity index is -0.000000720. The largest absolute Gasteiger partial charge is 1.00 e. The molecular formula is C8H20NNaO3S. The normalized spacial score (nSPS) is 15.7. The van der Waals surface area contributed by atoms with Crippen molar-refractivity contribution in [2.24, 2.45) is 5.73 Å². The van der Waals surface area contributed by atoms with Crippen molar-refractivity contribution >= 4 is 10.1 Å². The summed E-state index contributed by atoms with van der Waals surface area (Å²) in [7, 11) is -4.02. The fourth-order valence-electron chi connectivity index (χ4n) is 1.09. The van der Waals surface area contributed by atoms with Gasteiger partial charge in [-0.05, 0) is 13.3 Å². The number of hydrogen-bond donors (Lipinski definition) is 2. The second-order valence-corrected chi connectivity index (χ2v) is 5.52. The van der Waals surface area contributed by atoms with Gasteiger partial charge in [-0.2, -0.15) is 8.42 Å². The molecule has 0 amide bonds. The fraction of sp³-hybridized carbons (Fsp3) is 1.00. The maximum absolute atomic E-state index is 11.0. The van der Waals surface area contributed by atoms with E-state index in [9.17, 15) is 8.42 Å². The van der Waals surface area contributed by atoms with Crippen LogP contribution in [0.5, 0.6) is 0 Å². The quantitative estimate of drug-likeness (QED) is 0.325. The van der Waals surface area contributed by atoms with Gasteiger partial charge in [-0.25, -0.2) is 0 Å². The predicted molar refractivity (Wildman–Crippen MR) is 54.3 cm³/mol. The summed E-state index contributed by atoms with van der Waals surface area (Å²) in [6.45, 7) is 3.49. The summed E-state index contributed by atoms with van der Waals surface area (Å²) < 4.78 is 29.7. The van der Waals surface area contributed by atoms with E-state index in [2.05, 4.69) is 0 Å². The minimum atomic E-state index is -4.02. The Bertz CT molecular complexity index is 248. The summed E-state index contributed by atoms with van der Waals surface area (Å²) in [5, 5.41) is 0. The number of rotatable bonds is 6. The molecule has 0 fully saturated rings. The molecule has 1 atom stereocenters. The Kier molecular flexibility index (Phi) is 8.87. The van der Waals surface area contributed by atoms with E-state index in [4.69, 9.17) is 10.3 Å². The molecule has 82 valence electrons. The molecule has 0 aliphatic rings. The zero-order valence-electron chi connectivity index (χ0n) is 10.3. The van der Waals surface area contributed by atoms with Gasteiger partial charge in [0.25, 0.3) is 10.1 Å². The summed E-state index contributed by atoms with van der Waals surface area (Å²) in [5.41, 5.74) is 5.34. The predicted octanol–water partition coefficient (Wildman–Crippen LogP) is -1.71. The third kappa shape index (κ3) is 5.09. The molecular weight excluding hydrogens is 213 g/mol. The maximum Gasteiger partial charge on any atom is 1.00 e. The molecule has 0 radical (unpaired) electrons. The van der Waals surface area contributed by atoms with Crippen LogP contribution in [0.1, 0.15) is 41.0 Å². The molecule has 0 bridgehead atoms. The van der Waals surface area contributed by atoms with Gasteiger partial charge in [0, 0.05) is 6.54 Å². The van der Waals surface area contributed by atoms with Crippen molar-refractivity contribution in [2.45, 2.75) is 44.3 Å². The molecule has 0 aromatic heterocycles. The van der Waals surface area contributed by atoms with Crippen LogP contribution in [0.25, 0.3) is 0 Å². The van der Waals surface area contributed by atoms with E-state index in [-0.39, 0.29) is 37.5 Å². The SMILES string of the molecule is CCCCCC(C)(CN)S(=O)(=O)O.[H-].[Na+]. The van der Waals surface area contributed by atoms with Gasteiger partial charge in [-0.3, -0.25) is 4.55 Å². The van der Waals surface area contributed by atoms with Crippen LogP contribution in [-0.2, 0) is 10.1 Å². The molecule has 0 aliphatic heterocycles. The van der Waals surface area contributed by atoms with Gasteiger partial charge in [-0.15, -0.1) is 0 Å². The van der Waals surface area contributed by atoms with Crippen molar-refractivity contribution < 1.29 is 44.0 Å². The molecule has 4 nitrogen and oxygen atoms in total. The Morgan fingerprint density at radius 1 is 1.43 bits per heavy atom. The first-order valence-corrected chi connectivity index (χ1v) is 5.98. The smallest absolute Gasteiger partial charge is 1.00 e. The Labute approximate surface area is 110 Å². The molecule has 0 aromatic rings. The van der Waals surface area contributed by atoms with Crippen molar-refractivity contribution in [3.8, 4) is 0 Å². The molecule has 0 rings (SSSR count). The van der Waals surface area contributed by atoms with Gasteiger partial charge < -0.3 is 7.16 Å². The van der Waals surface area contributed by atoms with Crippen LogP contribution >= 0.6 is 0 Å². The molecule has 0 spiro atoms. The molecule has 14 heavy (non-hydrogen) atoms. The van der Waals surface area contributed by atoms with E-state index in [0.29, 0.717) is 6.42 Å². The second-order valence-electron chi connectivity index (χ2n) is 3.59. The maximum atomic E-state index is 11.0.